The van der Waals surface area contributed by atoms with E-state index in [2.05, 4.69) is 39.8 Å². The summed E-state index contributed by atoms with van der Waals surface area (Å²) in [7, 11) is 1.50. The Kier molecular flexibility index (Phi) is 4.17. The zero-order valence-corrected chi connectivity index (χ0v) is 15.6. The molecule has 0 radical (unpaired) electrons. The molecule has 0 aromatic heterocycles. The van der Waals surface area contributed by atoms with Gasteiger partial charge in [-0.05, 0) is 66.5 Å². The van der Waals surface area contributed by atoms with E-state index in [9.17, 15) is 9.90 Å². The van der Waals surface area contributed by atoms with Gasteiger partial charge in [-0.2, -0.15) is 0 Å². The molecular weight excluding hydrogens is 300 g/mol. The lowest BCUT2D eigenvalue weighted by molar-refractivity contribution is -0.161. The molecule has 0 saturated heterocycles. The van der Waals surface area contributed by atoms with Crippen molar-refractivity contribution >= 4 is 5.97 Å². The van der Waals surface area contributed by atoms with Crippen molar-refractivity contribution in [1.82, 2.24) is 0 Å². The third kappa shape index (κ3) is 2.28. The van der Waals surface area contributed by atoms with E-state index in [1.54, 1.807) is 0 Å². The molecule has 0 spiro atoms. The normalized spacial score (nSPS) is 32.2. The van der Waals surface area contributed by atoms with Crippen LogP contribution in [0.15, 0.2) is 12.1 Å². The van der Waals surface area contributed by atoms with Crippen LogP contribution in [0, 0.1) is 11.3 Å². The lowest BCUT2D eigenvalue weighted by atomic mass is 9.49. The molecule has 132 valence electrons. The van der Waals surface area contributed by atoms with Gasteiger partial charge in [-0.3, -0.25) is 4.79 Å². The number of rotatable bonds is 2. The van der Waals surface area contributed by atoms with E-state index in [1.165, 1.54) is 12.7 Å². The molecule has 1 aromatic rings. The van der Waals surface area contributed by atoms with E-state index in [0.29, 0.717) is 11.7 Å². The second-order valence-corrected chi connectivity index (χ2v) is 8.46. The zero-order chi connectivity index (χ0) is 17.7. The average Bonchev–Trinajstić information content (AvgIpc) is 2.54. The quantitative estimate of drug-likeness (QED) is 0.800. The predicted octanol–water partition coefficient (Wildman–Crippen LogP) is 4.70. The van der Waals surface area contributed by atoms with Crippen molar-refractivity contribution in [2.75, 3.05) is 7.11 Å². The van der Waals surface area contributed by atoms with Crippen LogP contribution in [0.25, 0.3) is 0 Å². The largest absolute Gasteiger partial charge is 0.507 e. The Bertz CT molecular complexity index is 663. The van der Waals surface area contributed by atoms with Gasteiger partial charge in [0.15, 0.2) is 0 Å². The Morgan fingerprint density at radius 2 is 2.00 bits per heavy atom. The van der Waals surface area contributed by atoms with E-state index in [4.69, 9.17) is 4.74 Å². The molecule has 0 amide bonds. The summed E-state index contributed by atoms with van der Waals surface area (Å²) in [4.78, 5) is 12.5. The molecule has 3 nitrogen and oxygen atoms in total. The summed E-state index contributed by atoms with van der Waals surface area (Å²) in [6.45, 7) is 8.59. The first-order valence-corrected chi connectivity index (χ1v) is 9.19. The van der Waals surface area contributed by atoms with Crippen molar-refractivity contribution in [1.29, 1.82) is 0 Å². The van der Waals surface area contributed by atoms with Gasteiger partial charge in [0.25, 0.3) is 0 Å². The summed E-state index contributed by atoms with van der Waals surface area (Å²) < 4.78 is 5.16. The second-order valence-electron chi connectivity index (χ2n) is 8.46. The molecule has 1 fully saturated rings. The van der Waals surface area contributed by atoms with Gasteiger partial charge in [0.05, 0.1) is 12.5 Å². The molecular formula is C21H30O3. The van der Waals surface area contributed by atoms with Crippen LogP contribution in [0.2, 0.25) is 0 Å². The summed E-state index contributed by atoms with van der Waals surface area (Å²) in [5, 5.41) is 10.8. The minimum Gasteiger partial charge on any atom is -0.507 e. The van der Waals surface area contributed by atoms with Gasteiger partial charge in [-0.1, -0.05) is 39.3 Å². The van der Waals surface area contributed by atoms with Crippen LogP contribution in [-0.2, 0) is 21.4 Å². The Balaban J connectivity index is 2.11. The minimum atomic E-state index is -0.425. The van der Waals surface area contributed by atoms with Gasteiger partial charge < -0.3 is 9.84 Å². The van der Waals surface area contributed by atoms with Crippen molar-refractivity contribution in [3.05, 3.63) is 28.8 Å². The number of carbonyl (C=O) groups is 1. The highest BCUT2D eigenvalue weighted by molar-refractivity contribution is 5.77. The van der Waals surface area contributed by atoms with Crippen molar-refractivity contribution in [3.63, 3.8) is 0 Å². The third-order valence-corrected chi connectivity index (χ3v) is 6.82. The van der Waals surface area contributed by atoms with Crippen molar-refractivity contribution in [2.45, 2.75) is 71.1 Å². The van der Waals surface area contributed by atoms with E-state index in [1.807, 2.05) is 0 Å². The van der Waals surface area contributed by atoms with Crippen molar-refractivity contribution in [2.24, 2.45) is 11.3 Å². The number of hydrogen-bond donors (Lipinski definition) is 1. The number of carbonyl (C=O) groups excluding carboxylic acids is 1. The number of phenols is 1. The zero-order valence-electron chi connectivity index (χ0n) is 15.6. The monoisotopic (exact) mass is 330 g/mol. The Morgan fingerprint density at radius 3 is 2.62 bits per heavy atom. The highest BCUT2D eigenvalue weighted by atomic mass is 16.5. The van der Waals surface area contributed by atoms with Gasteiger partial charge >= 0.3 is 5.97 Å². The van der Waals surface area contributed by atoms with Crippen LogP contribution in [0.3, 0.4) is 0 Å². The van der Waals surface area contributed by atoms with Gasteiger partial charge in [-0.15, -0.1) is 0 Å². The molecule has 1 aromatic carbocycles. The lowest BCUT2D eigenvalue weighted by Gasteiger charge is -2.54. The summed E-state index contributed by atoms with van der Waals surface area (Å²) in [6.07, 6.45) is 4.76. The molecule has 0 aliphatic heterocycles. The maximum absolute atomic E-state index is 12.5. The molecule has 3 rings (SSSR count). The maximum Gasteiger partial charge on any atom is 0.311 e. The lowest BCUT2D eigenvalue weighted by Crippen LogP contribution is -2.52. The van der Waals surface area contributed by atoms with Crippen LogP contribution in [0.4, 0.5) is 0 Å². The van der Waals surface area contributed by atoms with Crippen LogP contribution < -0.4 is 0 Å². The summed E-state index contributed by atoms with van der Waals surface area (Å²) in [6, 6.07) is 4.29. The first-order chi connectivity index (χ1) is 11.3. The summed E-state index contributed by atoms with van der Waals surface area (Å²) in [5.74, 6) is 0.980. The standard InChI is InChI=1S/C21H30O3/c1-13(2)14-7-9-16-15(18(14)22)8-10-17-20(16,3)11-6-12-21(17,4)19(23)24-5/h7,9,13,17,22H,6,8,10-12H2,1-5H3/t17-,20-,21-/m1/s1. The number of ether oxygens (including phenoxy) is 1. The second kappa shape index (κ2) is 5.79. The first-order valence-electron chi connectivity index (χ1n) is 9.19. The molecule has 0 unspecified atom stereocenters. The van der Waals surface area contributed by atoms with Crippen LogP contribution in [0.5, 0.6) is 5.75 Å². The molecule has 24 heavy (non-hydrogen) atoms. The van der Waals surface area contributed by atoms with Crippen molar-refractivity contribution < 1.29 is 14.6 Å². The fourth-order valence-corrected chi connectivity index (χ4v) is 5.51. The van der Waals surface area contributed by atoms with Gasteiger partial charge in [0, 0.05) is 0 Å². The van der Waals surface area contributed by atoms with E-state index < -0.39 is 5.41 Å². The fourth-order valence-electron chi connectivity index (χ4n) is 5.51. The van der Waals surface area contributed by atoms with Crippen LogP contribution in [-0.4, -0.2) is 18.2 Å². The molecule has 2 aliphatic rings. The van der Waals surface area contributed by atoms with Crippen LogP contribution >= 0.6 is 0 Å². The minimum absolute atomic E-state index is 0.0677. The van der Waals surface area contributed by atoms with Crippen molar-refractivity contribution in [3.8, 4) is 5.75 Å². The Labute approximate surface area is 145 Å². The van der Waals surface area contributed by atoms with E-state index in [0.717, 1.165) is 43.2 Å². The molecule has 3 atom stereocenters. The number of phenolic OH excluding ortho intramolecular Hbond substituents is 1. The summed E-state index contributed by atoms with van der Waals surface area (Å²) >= 11 is 0. The molecule has 3 heteroatoms. The number of fused-ring (bicyclic) bond motifs is 3. The molecule has 1 N–H and O–H groups in total. The number of aromatic hydroxyl groups is 1. The maximum atomic E-state index is 12.5. The number of hydrogen-bond acceptors (Lipinski definition) is 3. The smallest absolute Gasteiger partial charge is 0.311 e. The fraction of sp³-hybridized carbons (Fsp3) is 0.667. The van der Waals surface area contributed by atoms with E-state index in [-0.39, 0.29) is 17.3 Å². The topological polar surface area (TPSA) is 46.5 Å². The molecule has 0 heterocycles. The van der Waals surface area contributed by atoms with Crippen LogP contribution in [0.1, 0.15) is 76.0 Å². The number of esters is 1. The highest BCUT2D eigenvalue weighted by Crippen LogP contribution is 2.58. The molecule has 2 aliphatic carbocycles. The van der Waals surface area contributed by atoms with Gasteiger partial charge in [0.2, 0.25) is 0 Å². The molecule has 1 saturated carbocycles. The highest BCUT2D eigenvalue weighted by Gasteiger charge is 2.56. The van der Waals surface area contributed by atoms with Gasteiger partial charge in [0.1, 0.15) is 5.75 Å². The first kappa shape index (κ1) is 17.3. The van der Waals surface area contributed by atoms with E-state index >= 15 is 0 Å². The van der Waals surface area contributed by atoms with Gasteiger partial charge in [-0.25, -0.2) is 0 Å². The summed E-state index contributed by atoms with van der Waals surface area (Å²) in [5.41, 5.74) is 2.89. The third-order valence-electron chi connectivity index (χ3n) is 6.82. The number of methoxy groups -OCH3 is 1. The SMILES string of the molecule is COC(=O)[C@]1(C)CCC[C@]2(C)c3ccc(C(C)C)c(O)c3CC[C@@H]12. The Morgan fingerprint density at radius 1 is 1.29 bits per heavy atom. The number of benzene rings is 1. The Hall–Kier alpha value is -1.51. The average molecular weight is 330 g/mol. The molecule has 0 bridgehead atoms. The predicted molar refractivity (Wildman–Crippen MR) is 95.3 cm³/mol.